The van der Waals surface area contributed by atoms with Crippen LogP contribution in [0.5, 0.6) is 0 Å². The van der Waals surface area contributed by atoms with Crippen molar-refractivity contribution in [2.24, 2.45) is 0 Å². The molecule has 0 bridgehead atoms. The smallest absolute Gasteiger partial charge is 0.160 e. The molecule has 0 unspecified atom stereocenters. The molecule has 0 radical (unpaired) electrons. The highest BCUT2D eigenvalue weighted by Crippen LogP contribution is 2.46. The summed E-state index contributed by atoms with van der Waals surface area (Å²) in [4.78, 5) is 20.9. The van der Waals surface area contributed by atoms with E-state index < -0.39 is 0 Å². The van der Waals surface area contributed by atoms with Gasteiger partial charge in [0.25, 0.3) is 0 Å². The highest BCUT2D eigenvalue weighted by atomic mass is 15.0. The highest BCUT2D eigenvalue weighted by Gasteiger charge is 2.25. The molecule has 0 N–H and O–H groups in total. The first-order valence-corrected chi connectivity index (χ1v) is 42.1. The number of fused-ring (bicyclic) bond motifs is 14. The first-order valence-electron chi connectivity index (χ1n) is 42.1. The summed E-state index contributed by atoms with van der Waals surface area (Å²) in [6.07, 6.45) is 0. The zero-order valence-corrected chi connectivity index (χ0v) is 67.5. The Bertz CT molecular complexity index is 8040. The maximum atomic E-state index is 5.29. The highest BCUT2D eigenvalue weighted by molar-refractivity contribution is 6.28. The van der Waals surface area contributed by atoms with Crippen molar-refractivity contribution in [3.8, 4) is 135 Å². The minimum Gasteiger partial charge on any atom is -0.309 e. The Morgan fingerprint density at radius 3 is 0.798 bits per heavy atom. The Balaban J connectivity index is 0.000000143. The van der Waals surface area contributed by atoms with Gasteiger partial charge in [0.05, 0.1) is 66.9 Å². The van der Waals surface area contributed by atoms with Crippen LogP contribution < -0.4 is 0 Å². The van der Waals surface area contributed by atoms with Crippen LogP contribution in [0.3, 0.4) is 0 Å². The normalized spacial score (nSPS) is 11.5. The Hall–Kier alpha value is -16.7. The van der Waals surface area contributed by atoms with Crippen LogP contribution in [0, 0.1) is 0 Å². The van der Waals surface area contributed by atoms with Gasteiger partial charge < -0.3 is 18.3 Å². The minimum atomic E-state index is 0.684. The topological polar surface area (TPSA) is 71.3 Å². The molecule has 0 atom stereocenters. The van der Waals surface area contributed by atoms with Crippen LogP contribution in [0.15, 0.2) is 461 Å². The predicted octanol–water partition coefficient (Wildman–Crippen LogP) is 30.0. The van der Waals surface area contributed by atoms with Crippen LogP contribution in [-0.2, 0) is 0 Å². The van der Waals surface area contributed by atoms with Gasteiger partial charge in [0.2, 0.25) is 0 Å². The van der Waals surface area contributed by atoms with E-state index in [2.05, 4.69) is 467 Å². The molecule has 6 heterocycles. The van der Waals surface area contributed by atoms with Gasteiger partial charge >= 0.3 is 0 Å². The van der Waals surface area contributed by atoms with Crippen LogP contribution in [0.2, 0.25) is 0 Å². The zero-order chi connectivity index (χ0) is 82.0. The number of nitrogens with zero attached hydrogens (tertiary/aromatic N) is 8. The van der Waals surface area contributed by atoms with Gasteiger partial charge in [-0.2, -0.15) is 0 Å². The number of hydrogen-bond donors (Lipinski definition) is 0. The summed E-state index contributed by atoms with van der Waals surface area (Å²) in [5.41, 5.74) is 32.8. The molecule has 6 aromatic heterocycles. The molecule has 0 amide bonds. The van der Waals surface area contributed by atoms with Crippen molar-refractivity contribution in [1.82, 2.24) is 38.2 Å². The summed E-state index contributed by atoms with van der Waals surface area (Å²) in [5, 5.41) is 9.86. The molecule has 0 saturated carbocycles. The lowest BCUT2D eigenvalue weighted by Crippen LogP contribution is -1.98. The van der Waals surface area contributed by atoms with Crippen molar-refractivity contribution in [1.29, 1.82) is 0 Å². The fourth-order valence-corrected chi connectivity index (χ4v) is 18.4. The summed E-state index contributed by atoms with van der Waals surface area (Å²) in [6.45, 7) is 0. The maximum Gasteiger partial charge on any atom is 0.160 e. The molecule has 18 aromatic carbocycles. The summed E-state index contributed by atoms with van der Waals surface area (Å²) in [7, 11) is 0. The molecule has 24 aromatic rings. The lowest BCUT2D eigenvalue weighted by molar-refractivity contribution is 1.17. The van der Waals surface area contributed by atoms with Gasteiger partial charge in [-0.25, -0.2) is 19.9 Å². The lowest BCUT2D eigenvalue weighted by Gasteiger charge is -2.13. The minimum absolute atomic E-state index is 0.684. The fourth-order valence-electron chi connectivity index (χ4n) is 18.4. The van der Waals surface area contributed by atoms with E-state index in [4.69, 9.17) is 19.9 Å². The van der Waals surface area contributed by atoms with Crippen LogP contribution in [0.25, 0.3) is 222 Å². The van der Waals surface area contributed by atoms with Gasteiger partial charge in [0, 0.05) is 99.2 Å². The molecular formula is C116H76N8. The number of benzene rings is 18. The summed E-state index contributed by atoms with van der Waals surface area (Å²) >= 11 is 0. The lowest BCUT2D eigenvalue weighted by atomic mass is 9.99. The third kappa shape index (κ3) is 13.0. The number of hydrogen-bond acceptors (Lipinski definition) is 4. The Morgan fingerprint density at radius 2 is 0.395 bits per heavy atom. The third-order valence-electron chi connectivity index (χ3n) is 24.3. The van der Waals surface area contributed by atoms with E-state index in [9.17, 15) is 0 Å². The van der Waals surface area contributed by atoms with Crippen LogP contribution in [0.4, 0.5) is 0 Å². The Labute approximate surface area is 716 Å². The molecule has 0 aliphatic carbocycles. The van der Waals surface area contributed by atoms with Crippen LogP contribution >= 0.6 is 0 Å². The second-order valence-electron chi connectivity index (χ2n) is 31.6. The van der Waals surface area contributed by atoms with Crippen molar-refractivity contribution in [3.63, 3.8) is 0 Å². The molecule has 8 nitrogen and oxygen atoms in total. The van der Waals surface area contributed by atoms with E-state index >= 15 is 0 Å². The average Bonchev–Trinajstić information content (AvgIpc) is 1.55. The standard InChI is InChI=1S/2C58H38N4/c1-4-16-39(17-5-1)42-20-14-22-44(36-42)52-38-51(59-58(60-52)45-23-15-21-43(37-45)40-18-6-2-7-19-40)41-30-32-47(33-31-41)62-53-28-12-10-26-48(53)49-34-35-55-56(57(49)62)50-27-11-13-29-54(50)61(55)46-24-8-3-9-25-46;1-4-14-39(15-5-1)40-24-26-41(27-25-40)42-28-30-45(31-29-42)58-59-51(43-16-6-2-7-17-43)38-52(60-58)44-32-34-47(35-33-44)62-53-22-12-10-20-48(53)49-36-37-55-56(57(49)62)50-21-11-13-23-54(50)61(55)46-18-8-3-9-19-46/h2*1-38H. The van der Waals surface area contributed by atoms with E-state index in [1.807, 2.05) is 12.1 Å². The largest absolute Gasteiger partial charge is 0.309 e. The molecule has 0 saturated heterocycles. The predicted molar refractivity (Wildman–Crippen MR) is 516 cm³/mol. The van der Waals surface area contributed by atoms with Crippen molar-refractivity contribution in [3.05, 3.63) is 461 Å². The number of para-hydroxylation sites is 6. The summed E-state index contributed by atoms with van der Waals surface area (Å²) in [6, 6.07) is 164. The van der Waals surface area contributed by atoms with E-state index in [0.29, 0.717) is 11.6 Å². The van der Waals surface area contributed by atoms with Crippen molar-refractivity contribution >= 4 is 87.2 Å². The quantitative estimate of drug-likeness (QED) is 0.109. The molecule has 580 valence electrons. The van der Waals surface area contributed by atoms with E-state index in [1.165, 1.54) is 109 Å². The Kier molecular flexibility index (Phi) is 18.1. The van der Waals surface area contributed by atoms with Gasteiger partial charge in [-0.05, 0) is 154 Å². The average molecular weight is 1580 g/mol. The fraction of sp³-hybridized carbons (Fsp3) is 0. The molecule has 0 aliphatic rings. The van der Waals surface area contributed by atoms with Gasteiger partial charge in [0.1, 0.15) is 0 Å². The number of aromatic nitrogens is 8. The SMILES string of the molecule is c1ccc(-c2ccc(-c3ccc(-c4nc(-c5ccccc5)cc(-c5ccc(-n6c7ccccc7c7ccc8c(c9ccccc9n8-c8ccccc8)c76)cc5)n4)cc3)cc2)cc1.c1ccc(-c2cccc(-c3cc(-c4ccc(-n5c6ccccc6c6ccc7c(c8ccccc8n7-c7ccccc7)c65)cc4)nc(-c4cccc(-c5ccccc5)c4)n3)c2)cc1. The zero-order valence-electron chi connectivity index (χ0n) is 67.5. The van der Waals surface area contributed by atoms with Crippen LogP contribution in [-0.4, -0.2) is 38.2 Å². The van der Waals surface area contributed by atoms with Gasteiger partial charge in [-0.15, -0.1) is 0 Å². The second-order valence-corrected chi connectivity index (χ2v) is 31.6. The van der Waals surface area contributed by atoms with Crippen molar-refractivity contribution < 1.29 is 0 Å². The van der Waals surface area contributed by atoms with Gasteiger partial charge in [-0.1, -0.05) is 352 Å². The summed E-state index contributed by atoms with van der Waals surface area (Å²) in [5.74, 6) is 1.38. The molecule has 0 aliphatic heterocycles. The van der Waals surface area contributed by atoms with Crippen molar-refractivity contribution in [2.75, 3.05) is 0 Å². The first-order chi connectivity index (χ1) is 61.5. The number of rotatable bonds is 14. The molecule has 124 heavy (non-hydrogen) atoms. The second kappa shape index (κ2) is 30.9. The molecule has 0 spiro atoms. The summed E-state index contributed by atoms with van der Waals surface area (Å²) < 4.78 is 9.67. The van der Waals surface area contributed by atoms with Gasteiger partial charge in [-0.3, -0.25) is 0 Å². The molecule has 24 rings (SSSR count). The van der Waals surface area contributed by atoms with E-state index in [0.717, 1.165) is 101 Å². The third-order valence-corrected chi connectivity index (χ3v) is 24.3. The molecular weight excluding hydrogens is 1510 g/mol. The first kappa shape index (κ1) is 72.5. The van der Waals surface area contributed by atoms with Gasteiger partial charge in [0.15, 0.2) is 11.6 Å². The maximum absolute atomic E-state index is 5.29. The van der Waals surface area contributed by atoms with E-state index in [-0.39, 0.29) is 0 Å². The monoisotopic (exact) mass is 1580 g/mol. The van der Waals surface area contributed by atoms with E-state index in [1.54, 1.807) is 0 Å². The van der Waals surface area contributed by atoms with Crippen LogP contribution in [0.1, 0.15) is 0 Å². The molecule has 8 heteroatoms. The molecule has 0 fully saturated rings. The van der Waals surface area contributed by atoms with Crippen molar-refractivity contribution in [2.45, 2.75) is 0 Å². The Morgan fingerprint density at radius 1 is 0.137 bits per heavy atom.